The number of Topliss-reactive ketones (excluding diaryl/α,β-unsaturated/α-hetero) is 1. The van der Waals surface area contributed by atoms with E-state index in [9.17, 15) is 9.59 Å². The number of ketones is 1. The summed E-state index contributed by atoms with van der Waals surface area (Å²) in [4.78, 5) is 23.3. The average molecular weight is 249 g/mol. The number of anilines is 1. The highest BCUT2D eigenvalue weighted by Crippen LogP contribution is 2.26. The van der Waals surface area contributed by atoms with E-state index in [0.29, 0.717) is 17.9 Å². The van der Waals surface area contributed by atoms with Crippen molar-refractivity contribution < 1.29 is 14.3 Å². The molecule has 0 spiro atoms. The van der Waals surface area contributed by atoms with Crippen molar-refractivity contribution in [1.29, 1.82) is 0 Å². The topological polar surface area (TPSA) is 55.4 Å². The quantitative estimate of drug-likeness (QED) is 0.816. The Morgan fingerprint density at radius 1 is 1.39 bits per heavy atom. The van der Waals surface area contributed by atoms with Gasteiger partial charge in [0.25, 0.3) is 0 Å². The molecule has 0 bridgehead atoms. The van der Waals surface area contributed by atoms with Crippen LogP contribution >= 0.6 is 0 Å². The summed E-state index contributed by atoms with van der Waals surface area (Å²) in [6.07, 6.45) is 0.495. The van der Waals surface area contributed by atoms with Gasteiger partial charge in [-0.25, -0.2) is 0 Å². The van der Waals surface area contributed by atoms with Crippen molar-refractivity contribution in [1.82, 2.24) is 0 Å². The van der Waals surface area contributed by atoms with Gasteiger partial charge >= 0.3 is 0 Å². The van der Waals surface area contributed by atoms with Crippen LogP contribution in [0.25, 0.3) is 0 Å². The molecule has 0 saturated heterocycles. The molecule has 1 N–H and O–H groups in total. The van der Waals surface area contributed by atoms with E-state index in [1.165, 1.54) is 6.92 Å². The maximum Gasteiger partial charge on any atom is 0.235 e. The summed E-state index contributed by atoms with van der Waals surface area (Å²) in [5.74, 6) is -0.418. The van der Waals surface area contributed by atoms with E-state index in [0.717, 1.165) is 5.56 Å². The van der Waals surface area contributed by atoms with Gasteiger partial charge in [-0.2, -0.15) is 0 Å². The second kappa shape index (κ2) is 6.19. The number of hydrogen-bond donors (Lipinski definition) is 1. The predicted octanol–water partition coefficient (Wildman–Crippen LogP) is 2.56. The van der Waals surface area contributed by atoms with Crippen LogP contribution in [0.3, 0.4) is 0 Å². The molecule has 0 aromatic heterocycles. The van der Waals surface area contributed by atoms with Crippen LogP contribution in [0.4, 0.5) is 5.69 Å². The number of hydrogen-bond acceptors (Lipinski definition) is 3. The van der Waals surface area contributed by atoms with Gasteiger partial charge in [0.1, 0.15) is 11.5 Å². The Balaban J connectivity index is 2.93. The van der Waals surface area contributed by atoms with E-state index in [4.69, 9.17) is 4.74 Å². The predicted molar refractivity (Wildman–Crippen MR) is 70.8 cm³/mol. The minimum absolute atomic E-state index is 0.124. The first-order valence-electron chi connectivity index (χ1n) is 5.95. The Hall–Kier alpha value is -1.84. The summed E-state index contributed by atoms with van der Waals surface area (Å²) in [5.41, 5.74) is 1.61. The Morgan fingerprint density at radius 2 is 2.06 bits per heavy atom. The molecule has 0 radical (unpaired) electrons. The molecule has 0 aliphatic rings. The van der Waals surface area contributed by atoms with E-state index >= 15 is 0 Å². The molecule has 18 heavy (non-hydrogen) atoms. The number of carbonyl (C=O) groups excluding carboxylic acids is 2. The van der Waals surface area contributed by atoms with Gasteiger partial charge < -0.3 is 10.1 Å². The largest absolute Gasteiger partial charge is 0.495 e. The van der Waals surface area contributed by atoms with Gasteiger partial charge in [-0.1, -0.05) is 13.0 Å². The summed E-state index contributed by atoms with van der Waals surface area (Å²) in [6, 6.07) is 5.51. The zero-order valence-electron chi connectivity index (χ0n) is 11.2. The maximum atomic E-state index is 12.0. The molecule has 1 rings (SSSR count). The van der Waals surface area contributed by atoms with Gasteiger partial charge in [0.15, 0.2) is 0 Å². The van der Waals surface area contributed by atoms with E-state index < -0.39 is 5.92 Å². The van der Waals surface area contributed by atoms with Gasteiger partial charge in [0.2, 0.25) is 5.91 Å². The maximum absolute atomic E-state index is 12.0. The second-order valence-electron chi connectivity index (χ2n) is 4.26. The summed E-state index contributed by atoms with van der Waals surface area (Å²) in [7, 11) is 1.54. The van der Waals surface area contributed by atoms with Crippen molar-refractivity contribution in [3.63, 3.8) is 0 Å². The molecule has 1 amide bonds. The minimum Gasteiger partial charge on any atom is -0.495 e. The lowest BCUT2D eigenvalue weighted by atomic mass is 10.0. The molecule has 1 aromatic carbocycles. The molecular weight excluding hydrogens is 230 g/mol. The van der Waals surface area contributed by atoms with E-state index in [1.54, 1.807) is 13.2 Å². The number of benzene rings is 1. The van der Waals surface area contributed by atoms with Gasteiger partial charge in [0.05, 0.1) is 18.7 Å². The molecular formula is C14H19NO3. The fourth-order valence-electron chi connectivity index (χ4n) is 1.80. The molecule has 98 valence electrons. The first-order valence-corrected chi connectivity index (χ1v) is 5.95. The zero-order chi connectivity index (χ0) is 13.7. The van der Waals surface area contributed by atoms with Crippen LogP contribution < -0.4 is 10.1 Å². The smallest absolute Gasteiger partial charge is 0.235 e. The molecule has 0 aliphatic carbocycles. The number of carbonyl (C=O) groups is 2. The molecule has 1 aromatic rings. The summed E-state index contributed by atoms with van der Waals surface area (Å²) in [5, 5.41) is 2.75. The molecule has 0 saturated carbocycles. The van der Waals surface area contributed by atoms with Crippen LogP contribution in [0, 0.1) is 12.8 Å². The zero-order valence-corrected chi connectivity index (χ0v) is 11.2. The molecule has 0 aliphatic heterocycles. The Bertz CT molecular complexity index is 454. The molecule has 4 nitrogen and oxygen atoms in total. The van der Waals surface area contributed by atoms with E-state index in [1.807, 2.05) is 26.0 Å². The lowest BCUT2D eigenvalue weighted by Gasteiger charge is -2.14. The number of methoxy groups -OCH3 is 1. The van der Waals surface area contributed by atoms with Crippen molar-refractivity contribution in [2.75, 3.05) is 12.4 Å². The van der Waals surface area contributed by atoms with Crippen molar-refractivity contribution in [2.45, 2.75) is 27.2 Å². The third kappa shape index (κ3) is 3.32. The third-order valence-electron chi connectivity index (χ3n) is 2.83. The minimum atomic E-state index is -0.602. The first kappa shape index (κ1) is 14.2. The lowest BCUT2D eigenvalue weighted by molar-refractivity contribution is -0.129. The van der Waals surface area contributed by atoms with Crippen LogP contribution in [0.5, 0.6) is 5.75 Å². The van der Waals surface area contributed by atoms with Gasteiger partial charge in [-0.05, 0) is 38.0 Å². The first-order chi connectivity index (χ1) is 8.49. The van der Waals surface area contributed by atoms with Crippen LogP contribution in [0.2, 0.25) is 0 Å². The molecule has 4 heteroatoms. The van der Waals surface area contributed by atoms with Crippen LogP contribution in [0.1, 0.15) is 25.8 Å². The standard InChI is InChI=1S/C14H19NO3/c1-5-11(10(3)16)14(17)15-12-8-9(2)6-7-13(12)18-4/h6-8,11H,5H2,1-4H3,(H,15,17). The summed E-state index contributed by atoms with van der Waals surface area (Å²) in [6.45, 7) is 5.18. The van der Waals surface area contributed by atoms with Crippen LogP contribution in [-0.2, 0) is 9.59 Å². The highest BCUT2D eigenvalue weighted by atomic mass is 16.5. The van der Waals surface area contributed by atoms with Crippen molar-refractivity contribution in [3.8, 4) is 5.75 Å². The lowest BCUT2D eigenvalue weighted by Crippen LogP contribution is -2.27. The molecule has 0 fully saturated rings. The highest BCUT2D eigenvalue weighted by molar-refractivity contribution is 6.06. The Labute approximate surface area is 107 Å². The summed E-state index contributed by atoms with van der Waals surface area (Å²) >= 11 is 0. The third-order valence-corrected chi connectivity index (χ3v) is 2.83. The SMILES string of the molecule is CCC(C(C)=O)C(=O)Nc1cc(C)ccc1OC. The average Bonchev–Trinajstić information content (AvgIpc) is 2.29. The van der Waals surface area contributed by atoms with E-state index in [2.05, 4.69) is 5.32 Å². The number of nitrogens with one attached hydrogen (secondary N) is 1. The highest BCUT2D eigenvalue weighted by Gasteiger charge is 2.22. The van der Waals surface area contributed by atoms with Gasteiger partial charge in [0, 0.05) is 0 Å². The Kier molecular flexibility index (Phi) is 4.89. The monoisotopic (exact) mass is 249 g/mol. The van der Waals surface area contributed by atoms with Crippen molar-refractivity contribution >= 4 is 17.4 Å². The number of aryl methyl sites for hydroxylation is 1. The molecule has 1 atom stereocenters. The number of amides is 1. The van der Waals surface area contributed by atoms with Crippen LogP contribution in [0.15, 0.2) is 18.2 Å². The van der Waals surface area contributed by atoms with Gasteiger partial charge in [-0.3, -0.25) is 9.59 Å². The van der Waals surface area contributed by atoms with Crippen LogP contribution in [-0.4, -0.2) is 18.8 Å². The summed E-state index contributed by atoms with van der Waals surface area (Å²) < 4.78 is 5.18. The number of rotatable bonds is 5. The molecule has 0 heterocycles. The van der Waals surface area contributed by atoms with Crippen molar-refractivity contribution in [2.24, 2.45) is 5.92 Å². The number of ether oxygens (including phenoxy) is 1. The second-order valence-corrected chi connectivity index (χ2v) is 4.26. The Morgan fingerprint density at radius 3 is 2.56 bits per heavy atom. The molecule has 1 unspecified atom stereocenters. The fraction of sp³-hybridized carbons (Fsp3) is 0.429. The van der Waals surface area contributed by atoms with Gasteiger partial charge in [-0.15, -0.1) is 0 Å². The fourth-order valence-corrected chi connectivity index (χ4v) is 1.80. The normalized spacial score (nSPS) is 11.8. The van der Waals surface area contributed by atoms with Crippen molar-refractivity contribution in [3.05, 3.63) is 23.8 Å². The van der Waals surface area contributed by atoms with E-state index in [-0.39, 0.29) is 11.7 Å².